The van der Waals surface area contributed by atoms with Crippen LogP contribution < -0.4 is 5.32 Å². The summed E-state index contributed by atoms with van der Waals surface area (Å²) in [7, 11) is 0. The number of halogens is 2. The summed E-state index contributed by atoms with van der Waals surface area (Å²) >= 11 is 0. The maximum Gasteiger partial charge on any atom is 0.126 e. The van der Waals surface area contributed by atoms with Crippen LogP contribution in [0.1, 0.15) is 24.5 Å². The van der Waals surface area contributed by atoms with Crippen LogP contribution in [0.5, 0.6) is 0 Å². The van der Waals surface area contributed by atoms with Gasteiger partial charge in [-0.15, -0.1) is 12.4 Å². The van der Waals surface area contributed by atoms with E-state index in [1.54, 1.807) is 6.07 Å². The second-order valence-corrected chi connectivity index (χ2v) is 3.78. The highest BCUT2D eigenvalue weighted by molar-refractivity contribution is 5.85. The van der Waals surface area contributed by atoms with E-state index < -0.39 is 0 Å². The molecular weight excluding hydrogens is 201 g/mol. The summed E-state index contributed by atoms with van der Waals surface area (Å²) in [4.78, 5) is 0. The topological polar surface area (TPSA) is 12.0 Å². The van der Waals surface area contributed by atoms with Crippen molar-refractivity contribution in [1.82, 2.24) is 0 Å². The van der Waals surface area contributed by atoms with Crippen LogP contribution in [0.15, 0.2) is 12.1 Å². The van der Waals surface area contributed by atoms with Gasteiger partial charge in [0, 0.05) is 11.7 Å². The van der Waals surface area contributed by atoms with Crippen molar-refractivity contribution < 1.29 is 4.39 Å². The fourth-order valence-electron chi connectivity index (χ4n) is 1.88. The number of benzene rings is 1. The lowest BCUT2D eigenvalue weighted by Gasteiger charge is -2.25. The van der Waals surface area contributed by atoms with Crippen molar-refractivity contribution >= 4 is 18.1 Å². The summed E-state index contributed by atoms with van der Waals surface area (Å²) in [6.07, 6.45) is 2.09. The largest absolute Gasteiger partial charge is 0.382 e. The maximum absolute atomic E-state index is 13.2. The van der Waals surface area contributed by atoms with Crippen molar-refractivity contribution in [1.29, 1.82) is 0 Å². The Hall–Kier alpha value is -0.760. The molecule has 2 rings (SSSR count). The second-order valence-electron chi connectivity index (χ2n) is 3.78. The number of nitrogens with one attached hydrogen (secondary N) is 1. The normalized spacial score (nSPS) is 19.2. The van der Waals surface area contributed by atoms with Crippen molar-refractivity contribution in [2.24, 2.45) is 0 Å². The van der Waals surface area contributed by atoms with E-state index in [-0.39, 0.29) is 18.2 Å². The quantitative estimate of drug-likeness (QED) is 0.700. The van der Waals surface area contributed by atoms with Gasteiger partial charge in [0.25, 0.3) is 0 Å². The van der Waals surface area contributed by atoms with Crippen LogP contribution in [0, 0.1) is 12.7 Å². The molecule has 0 fully saturated rings. The highest BCUT2D eigenvalue weighted by Crippen LogP contribution is 2.28. The lowest BCUT2D eigenvalue weighted by molar-refractivity contribution is 0.607. The molecule has 0 radical (unpaired) electrons. The van der Waals surface area contributed by atoms with Crippen molar-refractivity contribution in [3.8, 4) is 0 Å². The van der Waals surface area contributed by atoms with E-state index in [1.165, 1.54) is 0 Å². The molecule has 1 aromatic carbocycles. The van der Waals surface area contributed by atoms with E-state index in [9.17, 15) is 4.39 Å². The lowest BCUT2D eigenvalue weighted by Crippen LogP contribution is -2.22. The molecule has 0 saturated carbocycles. The van der Waals surface area contributed by atoms with Crippen LogP contribution in [0.25, 0.3) is 0 Å². The Balaban J connectivity index is 0.000000980. The molecule has 0 bridgehead atoms. The molecule has 0 aromatic heterocycles. The Labute approximate surface area is 90.1 Å². The summed E-state index contributed by atoms with van der Waals surface area (Å²) in [5, 5.41) is 3.36. The summed E-state index contributed by atoms with van der Waals surface area (Å²) in [5.74, 6) is -0.0879. The molecule has 3 heteroatoms. The third kappa shape index (κ3) is 1.85. The van der Waals surface area contributed by atoms with Crippen LogP contribution in [0.3, 0.4) is 0 Å². The van der Waals surface area contributed by atoms with Gasteiger partial charge in [0.2, 0.25) is 0 Å². The van der Waals surface area contributed by atoms with E-state index >= 15 is 0 Å². The van der Waals surface area contributed by atoms with Crippen molar-refractivity contribution in [2.75, 3.05) is 5.32 Å². The molecule has 1 nitrogen and oxygen atoms in total. The summed E-state index contributed by atoms with van der Waals surface area (Å²) in [5.41, 5.74) is 3.06. The standard InChI is InChI=1S/C11H14FN.ClH/c1-7-3-4-9-8(2)10(12)5-6-11(9)13-7;/h5-7,13H,3-4H2,1-2H3;1H. The number of rotatable bonds is 0. The molecule has 0 saturated heterocycles. The van der Waals surface area contributed by atoms with E-state index in [0.29, 0.717) is 6.04 Å². The Morgan fingerprint density at radius 3 is 2.86 bits per heavy atom. The van der Waals surface area contributed by atoms with E-state index in [1.807, 2.05) is 13.0 Å². The minimum Gasteiger partial charge on any atom is -0.382 e. The van der Waals surface area contributed by atoms with Gasteiger partial charge >= 0.3 is 0 Å². The molecule has 1 atom stereocenters. The highest BCUT2D eigenvalue weighted by atomic mass is 35.5. The predicted octanol–water partition coefficient (Wildman–Crippen LogP) is 3.30. The minimum atomic E-state index is -0.0879. The lowest BCUT2D eigenvalue weighted by atomic mass is 9.95. The second kappa shape index (κ2) is 4.18. The maximum atomic E-state index is 13.2. The highest BCUT2D eigenvalue weighted by Gasteiger charge is 2.16. The summed E-state index contributed by atoms with van der Waals surface area (Å²) in [6, 6.07) is 3.89. The number of hydrogen-bond donors (Lipinski definition) is 1. The van der Waals surface area contributed by atoms with Crippen molar-refractivity contribution in [3.63, 3.8) is 0 Å². The third-order valence-electron chi connectivity index (χ3n) is 2.76. The molecule has 1 heterocycles. The van der Waals surface area contributed by atoms with Gasteiger partial charge in [-0.1, -0.05) is 0 Å². The Morgan fingerprint density at radius 1 is 1.43 bits per heavy atom. The van der Waals surface area contributed by atoms with Gasteiger partial charge in [0.05, 0.1) is 0 Å². The van der Waals surface area contributed by atoms with Gasteiger partial charge < -0.3 is 5.32 Å². The average Bonchev–Trinajstić information content (AvgIpc) is 2.12. The molecular formula is C11H15ClFN. The molecule has 0 aliphatic carbocycles. The molecule has 14 heavy (non-hydrogen) atoms. The minimum absolute atomic E-state index is 0. The van der Waals surface area contributed by atoms with Crippen LogP contribution in [0.4, 0.5) is 10.1 Å². The SMILES string of the molecule is Cc1c(F)ccc2c1CCC(C)N2.Cl. The van der Waals surface area contributed by atoms with Gasteiger partial charge in [-0.3, -0.25) is 0 Å². The average molecular weight is 216 g/mol. The molecule has 1 unspecified atom stereocenters. The molecule has 0 spiro atoms. The summed E-state index contributed by atoms with van der Waals surface area (Å²) < 4.78 is 13.2. The summed E-state index contributed by atoms with van der Waals surface area (Å²) in [6.45, 7) is 4.01. The zero-order valence-corrected chi connectivity index (χ0v) is 9.25. The van der Waals surface area contributed by atoms with Crippen LogP contribution >= 0.6 is 12.4 Å². The van der Waals surface area contributed by atoms with E-state index in [2.05, 4.69) is 12.2 Å². The number of hydrogen-bond acceptors (Lipinski definition) is 1. The molecule has 78 valence electrons. The fourth-order valence-corrected chi connectivity index (χ4v) is 1.88. The first-order valence-electron chi connectivity index (χ1n) is 4.73. The zero-order valence-electron chi connectivity index (χ0n) is 8.43. The van der Waals surface area contributed by atoms with Crippen LogP contribution in [0.2, 0.25) is 0 Å². The fraction of sp³-hybridized carbons (Fsp3) is 0.455. The first-order chi connectivity index (χ1) is 6.18. The Bertz CT molecular complexity index is 338. The van der Waals surface area contributed by atoms with Gasteiger partial charge in [0.15, 0.2) is 0 Å². The van der Waals surface area contributed by atoms with Gasteiger partial charge in [-0.05, 0) is 49.9 Å². The van der Waals surface area contributed by atoms with Crippen molar-refractivity contribution in [2.45, 2.75) is 32.7 Å². The van der Waals surface area contributed by atoms with Gasteiger partial charge in [-0.25, -0.2) is 4.39 Å². The first-order valence-corrected chi connectivity index (χ1v) is 4.73. The van der Waals surface area contributed by atoms with E-state index in [0.717, 1.165) is 29.7 Å². The molecule has 1 aromatic rings. The monoisotopic (exact) mass is 215 g/mol. The predicted molar refractivity (Wildman–Crippen MR) is 59.8 cm³/mol. The molecule has 1 N–H and O–H groups in total. The Kier molecular flexibility index (Phi) is 3.38. The van der Waals surface area contributed by atoms with Crippen LogP contribution in [-0.2, 0) is 6.42 Å². The van der Waals surface area contributed by atoms with Crippen LogP contribution in [-0.4, -0.2) is 6.04 Å². The van der Waals surface area contributed by atoms with Gasteiger partial charge in [0.1, 0.15) is 5.82 Å². The molecule has 0 amide bonds. The number of anilines is 1. The number of fused-ring (bicyclic) bond motifs is 1. The Morgan fingerprint density at radius 2 is 2.14 bits per heavy atom. The smallest absolute Gasteiger partial charge is 0.126 e. The van der Waals surface area contributed by atoms with E-state index in [4.69, 9.17) is 0 Å². The molecule has 1 aliphatic heterocycles. The van der Waals surface area contributed by atoms with Gasteiger partial charge in [-0.2, -0.15) is 0 Å². The first kappa shape index (κ1) is 11.3. The third-order valence-corrected chi connectivity index (χ3v) is 2.76. The van der Waals surface area contributed by atoms with Crippen molar-refractivity contribution in [3.05, 3.63) is 29.1 Å². The zero-order chi connectivity index (χ0) is 9.42. The molecule has 1 aliphatic rings.